The van der Waals surface area contributed by atoms with Gasteiger partial charge in [-0.2, -0.15) is 0 Å². The van der Waals surface area contributed by atoms with E-state index in [4.69, 9.17) is 16.0 Å². The molecule has 9 heteroatoms. The second kappa shape index (κ2) is 6.40. The Bertz CT molecular complexity index is 1040. The van der Waals surface area contributed by atoms with Crippen LogP contribution in [0.1, 0.15) is 16.1 Å². The summed E-state index contributed by atoms with van der Waals surface area (Å²) in [5, 5.41) is 11.0. The van der Waals surface area contributed by atoms with Crippen LogP contribution in [-0.2, 0) is 11.3 Å². The van der Waals surface area contributed by atoms with Gasteiger partial charge >= 0.3 is 5.97 Å². The molecule has 0 saturated heterocycles. The summed E-state index contributed by atoms with van der Waals surface area (Å²) < 4.78 is 11.5. The van der Waals surface area contributed by atoms with Crippen molar-refractivity contribution in [1.82, 2.24) is 4.57 Å². The normalized spacial score (nSPS) is 10.8. The Morgan fingerprint density at radius 2 is 2.20 bits per heavy atom. The number of carbonyl (C=O) groups excluding carboxylic acids is 1. The monoisotopic (exact) mass is 362 g/mol. The van der Waals surface area contributed by atoms with E-state index in [2.05, 4.69) is 4.74 Å². The Hall–Kier alpha value is -3.13. The van der Waals surface area contributed by atoms with Crippen LogP contribution in [0, 0.1) is 10.1 Å². The van der Waals surface area contributed by atoms with Gasteiger partial charge in [0.25, 0.3) is 5.69 Å². The molecule has 0 N–H and O–H groups in total. The number of benzene rings is 1. The number of fused-ring (bicyclic) bond motifs is 1. The Kier molecular flexibility index (Phi) is 4.28. The summed E-state index contributed by atoms with van der Waals surface area (Å²) in [6.45, 7) is 0.196. The maximum Gasteiger partial charge on any atom is 0.343 e. The van der Waals surface area contributed by atoms with Gasteiger partial charge in [0, 0.05) is 12.3 Å². The summed E-state index contributed by atoms with van der Waals surface area (Å²) in [6, 6.07) is 5.79. The molecule has 0 aliphatic carbocycles. The number of esters is 1. The molecule has 0 aliphatic rings. The molecule has 0 saturated carbocycles. The molecule has 0 aliphatic heterocycles. The number of ether oxygens (including phenoxy) is 1. The standard InChI is InChI=1S/C16H11ClN2O6/c1-24-16(21)11-8-18(7-9-3-2-4-25-9)13-6-12(17)14(19(22)23)5-10(13)15(11)20/h2-6,8H,7H2,1H3. The number of rotatable bonds is 4. The Balaban J connectivity index is 2.34. The maximum atomic E-state index is 12.6. The summed E-state index contributed by atoms with van der Waals surface area (Å²) in [5.41, 5.74) is -0.988. The first-order chi connectivity index (χ1) is 11.9. The van der Waals surface area contributed by atoms with Crippen LogP contribution >= 0.6 is 11.6 Å². The van der Waals surface area contributed by atoms with Crippen LogP contribution in [0.25, 0.3) is 10.9 Å². The number of nitrogens with zero attached hydrogens (tertiary/aromatic N) is 2. The van der Waals surface area contributed by atoms with Crippen molar-refractivity contribution in [2.75, 3.05) is 7.11 Å². The van der Waals surface area contributed by atoms with Gasteiger partial charge in [-0.1, -0.05) is 11.6 Å². The number of aromatic nitrogens is 1. The van der Waals surface area contributed by atoms with E-state index in [0.717, 1.165) is 13.2 Å². The fraction of sp³-hybridized carbons (Fsp3) is 0.125. The minimum atomic E-state index is -0.835. The van der Waals surface area contributed by atoms with Crippen molar-refractivity contribution in [2.45, 2.75) is 6.54 Å². The average Bonchev–Trinajstić information content (AvgIpc) is 3.09. The van der Waals surface area contributed by atoms with Gasteiger partial charge in [-0.25, -0.2) is 4.79 Å². The van der Waals surface area contributed by atoms with E-state index in [1.54, 1.807) is 16.7 Å². The molecule has 0 bridgehead atoms. The zero-order valence-corrected chi connectivity index (χ0v) is 13.6. The van der Waals surface area contributed by atoms with Gasteiger partial charge < -0.3 is 13.7 Å². The zero-order chi connectivity index (χ0) is 18.1. The van der Waals surface area contributed by atoms with Crippen LogP contribution in [-0.4, -0.2) is 22.6 Å². The van der Waals surface area contributed by atoms with Gasteiger partial charge in [-0.05, 0) is 18.2 Å². The first-order valence-corrected chi connectivity index (χ1v) is 7.42. The van der Waals surface area contributed by atoms with Gasteiger partial charge in [0.05, 0.1) is 35.7 Å². The number of halogens is 1. The van der Waals surface area contributed by atoms with E-state index in [-0.39, 0.29) is 22.5 Å². The summed E-state index contributed by atoms with van der Waals surface area (Å²) in [4.78, 5) is 34.9. The number of carbonyl (C=O) groups is 1. The summed E-state index contributed by atoms with van der Waals surface area (Å²) in [5.74, 6) is -0.270. The Morgan fingerprint density at radius 1 is 1.44 bits per heavy atom. The highest BCUT2D eigenvalue weighted by molar-refractivity contribution is 6.33. The van der Waals surface area contributed by atoms with E-state index >= 15 is 0 Å². The highest BCUT2D eigenvalue weighted by Crippen LogP contribution is 2.29. The lowest BCUT2D eigenvalue weighted by Gasteiger charge is -2.12. The van der Waals surface area contributed by atoms with Crippen LogP contribution < -0.4 is 5.43 Å². The third-order valence-corrected chi connectivity index (χ3v) is 3.96. The van der Waals surface area contributed by atoms with Crippen molar-refractivity contribution in [3.05, 3.63) is 73.4 Å². The maximum absolute atomic E-state index is 12.6. The first-order valence-electron chi connectivity index (χ1n) is 7.04. The van der Waals surface area contributed by atoms with Crippen LogP contribution in [0.3, 0.4) is 0 Å². The number of nitro groups is 1. The van der Waals surface area contributed by atoms with E-state index in [1.165, 1.54) is 18.5 Å². The molecule has 25 heavy (non-hydrogen) atoms. The van der Waals surface area contributed by atoms with E-state index in [0.29, 0.717) is 11.3 Å². The van der Waals surface area contributed by atoms with Crippen molar-refractivity contribution in [3.63, 3.8) is 0 Å². The SMILES string of the molecule is COC(=O)c1cn(Cc2ccco2)c2cc(Cl)c([N+](=O)[O-])cc2c1=O. The van der Waals surface area contributed by atoms with Crippen molar-refractivity contribution in [2.24, 2.45) is 0 Å². The average molecular weight is 363 g/mol. The molecule has 3 aromatic rings. The predicted molar refractivity (Wildman–Crippen MR) is 89.0 cm³/mol. The summed E-state index contributed by atoms with van der Waals surface area (Å²) in [6.07, 6.45) is 2.81. The number of hydrogen-bond acceptors (Lipinski definition) is 6. The van der Waals surface area contributed by atoms with Crippen molar-refractivity contribution in [3.8, 4) is 0 Å². The van der Waals surface area contributed by atoms with Crippen LogP contribution in [0.2, 0.25) is 5.02 Å². The van der Waals surface area contributed by atoms with Crippen molar-refractivity contribution >= 4 is 34.2 Å². The second-order valence-corrected chi connectivity index (χ2v) is 5.56. The molecule has 0 atom stereocenters. The highest BCUT2D eigenvalue weighted by Gasteiger charge is 2.21. The molecule has 0 fully saturated rings. The zero-order valence-electron chi connectivity index (χ0n) is 12.9. The Labute approximate surface area is 145 Å². The first kappa shape index (κ1) is 16.7. The highest BCUT2D eigenvalue weighted by atomic mass is 35.5. The molecule has 2 heterocycles. The van der Waals surface area contributed by atoms with Crippen LogP contribution in [0.15, 0.2) is 45.9 Å². The van der Waals surface area contributed by atoms with Gasteiger partial charge in [-0.3, -0.25) is 14.9 Å². The molecule has 0 amide bonds. The smallest absolute Gasteiger partial charge is 0.343 e. The lowest BCUT2D eigenvalue weighted by molar-refractivity contribution is -0.384. The lowest BCUT2D eigenvalue weighted by Crippen LogP contribution is -2.20. The number of methoxy groups -OCH3 is 1. The summed E-state index contributed by atoms with van der Waals surface area (Å²) in [7, 11) is 1.15. The van der Waals surface area contributed by atoms with Crippen molar-refractivity contribution in [1.29, 1.82) is 0 Å². The quantitative estimate of drug-likeness (QED) is 0.401. The molecule has 3 rings (SSSR count). The topological polar surface area (TPSA) is 105 Å². The molecule has 0 spiro atoms. The van der Waals surface area contributed by atoms with Crippen LogP contribution in [0.4, 0.5) is 5.69 Å². The van der Waals surface area contributed by atoms with Crippen LogP contribution in [0.5, 0.6) is 0 Å². The fourth-order valence-corrected chi connectivity index (χ4v) is 2.72. The predicted octanol–water partition coefficient (Wildman–Crippen LogP) is 2.99. The van der Waals surface area contributed by atoms with Gasteiger partial charge in [0.15, 0.2) is 0 Å². The molecule has 1 aromatic carbocycles. The van der Waals surface area contributed by atoms with Gasteiger partial charge in [-0.15, -0.1) is 0 Å². The number of pyridine rings is 1. The number of hydrogen-bond donors (Lipinski definition) is 0. The lowest BCUT2D eigenvalue weighted by atomic mass is 10.1. The molecule has 128 valence electrons. The minimum absolute atomic E-state index is 0.00874. The third kappa shape index (κ3) is 2.99. The minimum Gasteiger partial charge on any atom is -0.467 e. The fourth-order valence-electron chi connectivity index (χ4n) is 2.50. The summed E-state index contributed by atoms with van der Waals surface area (Å²) >= 11 is 5.96. The molecular formula is C16H11ClN2O6. The molecule has 2 aromatic heterocycles. The molecule has 0 unspecified atom stereocenters. The molecular weight excluding hydrogens is 352 g/mol. The number of nitro benzene ring substituents is 1. The van der Waals surface area contributed by atoms with Crippen molar-refractivity contribution < 1.29 is 18.9 Å². The van der Waals surface area contributed by atoms with E-state index in [1.807, 2.05) is 0 Å². The third-order valence-electron chi connectivity index (χ3n) is 3.66. The second-order valence-electron chi connectivity index (χ2n) is 5.15. The molecule has 0 radical (unpaired) electrons. The van der Waals surface area contributed by atoms with Gasteiger partial charge in [0.1, 0.15) is 16.3 Å². The van der Waals surface area contributed by atoms with Gasteiger partial charge in [0.2, 0.25) is 5.43 Å². The molecule has 8 nitrogen and oxygen atoms in total. The van der Waals surface area contributed by atoms with E-state index in [9.17, 15) is 19.7 Å². The largest absolute Gasteiger partial charge is 0.467 e. The van der Waals surface area contributed by atoms with E-state index < -0.39 is 22.0 Å². The number of furan rings is 1. The Morgan fingerprint density at radius 3 is 2.80 bits per heavy atom.